The summed E-state index contributed by atoms with van der Waals surface area (Å²) in [6.07, 6.45) is 6.69. The Balaban J connectivity index is 0.00000484. The molecule has 0 radical (unpaired) electrons. The van der Waals surface area contributed by atoms with E-state index in [9.17, 15) is 0 Å². The normalized spacial score (nSPS) is 10.8. The van der Waals surface area contributed by atoms with Crippen molar-refractivity contribution in [3.8, 4) is 5.75 Å². The molecule has 0 spiro atoms. The maximum Gasteiger partial charge on any atom is 0.190 e. The van der Waals surface area contributed by atoms with E-state index < -0.39 is 0 Å². The van der Waals surface area contributed by atoms with Gasteiger partial charge in [-0.25, -0.2) is 0 Å². The smallest absolute Gasteiger partial charge is 0.190 e. The fraction of sp³-hybridized carbons (Fsp3) is 0.588. The second kappa shape index (κ2) is 14.9. The van der Waals surface area contributed by atoms with Gasteiger partial charge in [0.05, 0.1) is 7.11 Å². The molecule has 23 heavy (non-hydrogen) atoms. The molecule has 0 aliphatic heterocycles. The van der Waals surface area contributed by atoms with Crippen LogP contribution in [0.5, 0.6) is 5.75 Å². The van der Waals surface area contributed by atoms with Gasteiger partial charge in [-0.05, 0) is 55.4 Å². The number of ether oxygens (including phenoxy) is 1. The van der Waals surface area contributed by atoms with Crippen molar-refractivity contribution in [2.45, 2.75) is 25.7 Å². The van der Waals surface area contributed by atoms with Crippen LogP contribution < -0.4 is 15.4 Å². The first-order valence-electron chi connectivity index (χ1n) is 7.86. The Bertz CT molecular complexity index is 444. The molecule has 132 valence electrons. The molecule has 0 unspecified atom stereocenters. The van der Waals surface area contributed by atoms with Crippen molar-refractivity contribution in [2.24, 2.45) is 4.99 Å². The van der Waals surface area contributed by atoms with Crippen LogP contribution in [-0.4, -0.2) is 45.2 Å². The Morgan fingerprint density at radius 3 is 2.57 bits per heavy atom. The lowest BCUT2D eigenvalue weighted by atomic mass is 10.1. The highest BCUT2D eigenvalue weighted by atomic mass is 127. The zero-order chi connectivity index (χ0) is 16.0. The molecule has 4 nitrogen and oxygen atoms in total. The van der Waals surface area contributed by atoms with Crippen molar-refractivity contribution < 1.29 is 4.74 Å². The standard InChI is InChI=1S/C17H29N3OS.HI/c1-18-17(19-11-4-5-13-22-3)20-12-7-9-15-8-6-10-16(14-15)21-2;/h6,8,10,14H,4-5,7,9,11-13H2,1-3H3,(H2,18,19,20);1H. The van der Waals surface area contributed by atoms with Gasteiger partial charge in [0.25, 0.3) is 0 Å². The first-order chi connectivity index (χ1) is 10.8. The number of aliphatic imine (C=N–C) groups is 1. The van der Waals surface area contributed by atoms with Crippen LogP contribution in [0.4, 0.5) is 0 Å². The lowest BCUT2D eigenvalue weighted by Gasteiger charge is -2.11. The molecule has 0 saturated carbocycles. The average Bonchev–Trinajstić information content (AvgIpc) is 2.56. The van der Waals surface area contributed by atoms with Crippen molar-refractivity contribution >= 4 is 41.7 Å². The number of benzene rings is 1. The van der Waals surface area contributed by atoms with E-state index in [1.54, 1.807) is 7.11 Å². The molecule has 0 aliphatic carbocycles. The number of nitrogens with one attached hydrogen (secondary N) is 2. The molecule has 0 heterocycles. The number of guanidine groups is 1. The molecule has 0 aliphatic rings. The largest absolute Gasteiger partial charge is 0.497 e. The summed E-state index contributed by atoms with van der Waals surface area (Å²) >= 11 is 1.90. The minimum Gasteiger partial charge on any atom is -0.497 e. The summed E-state index contributed by atoms with van der Waals surface area (Å²) in [5.41, 5.74) is 1.31. The molecule has 6 heteroatoms. The van der Waals surface area contributed by atoms with E-state index >= 15 is 0 Å². The summed E-state index contributed by atoms with van der Waals surface area (Å²) < 4.78 is 5.24. The Kier molecular flexibility index (Phi) is 14.5. The number of hydrogen-bond donors (Lipinski definition) is 2. The molecule has 2 N–H and O–H groups in total. The predicted octanol–water partition coefficient (Wildman–Crippen LogP) is 3.55. The number of hydrogen-bond acceptors (Lipinski definition) is 3. The summed E-state index contributed by atoms with van der Waals surface area (Å²) in [5.74, 6) is 3.05. The van der Waals surface area contributed by atoms with Crippen LogP contribution in [0.2, 0.25) is 0 Å². The number of rotatable bonds is 10. The fourth-order valence-corrected chi connectivity index (χ4v) is 2.62. The number of aryl methyl sites for hydroxylation is 1. The second-order valence-corrected chi connectivity index (χ2v) is 6.07. The highest BCUT2D eigenvalue weighted by Gasteiger charge is 1.99. The lowest BCUT2D eigenvalue weighted by Crippen LogP contribution is -2.38. The molecule has 1 aromatic rings. The number of unbranched alkanes of at least 4 members (excludes halogenated alkanes) is 1. The third-order valence-electron chi connectivity index (χ3n) is 3.36. The Morgan fingerprint density at radius 2 is 1.91 bits per heavy atom. The summed E-state index contributed by atoms with van der Waals surface area (Å²) in [5, 5.41) is 6.72. The Labute approximate surface area is 162 Å². The molecular formula is C17H30IN3OS. The monoisotopic (exact) mass is 451 g/mol. The van der Waals surface area contributed by atoms with E-state index in [2.05, 4.69) is 34.0 Å². The molecular weight excluding hydrogens is 421 g/mol. The highest BCUT2D eigenvalue weighted by molar-refractivity contribution is 14.0. The number of thioether (sulfide) groups is 1. The summed E-state index contributed by atoms with van der Waals surface area (Å²) in [6.45, 7) is 1.90. The fourth-order valence-electron chi connectivity index (χ4n) is 2.13. The first-order valence-corrected chi connectivity index (χ1v) is 9.26. The van der Waals surface area contributed by atoms with Crippen LogP contribution in [0, 0.1) is 0 Å². The Morgan fingerprint density at radius 1 is 1.17 bits per heavy atom. The minimum absolute atomic E-state index is 0. The van der Waals surface area contributed by atoms with Crippen LogP contribution >= 0.6 is 35.7 Å². The quantitative estimate of drug-likeness (QED) is 0.247. The average molecular weight is 451 g/mol. The van der Waals surface area contributed by atoms with Gasteiger partial charge >= 0.3 is 0 Å². The molecule has 0 amide bonds. The first kappa shape index (κ1) is 22.4. The maximum absolute atomic E-state index is 5.24. The summed E-state index contributed by atoms with van der Waals surface area (Å²) in [7, 11) is 3.52. The van der Waals surface area contributed by atoms with Crippen LogP contribution in [0.25, 0.3) is 0 Å². The Hall–Kier alpha value is -0.630. The molecule has 0 atom stereocenters. The van der Waals surface area contributed by atoms with Gasteiger partial charge in [-0.15, -0.1) is 24.0 Å². The highest BCUT2D eigenvalue weighted by Crippen LogP contribution is 2.13. The molecule has 1 aromatic carbocycles. The SMILES string of the molecule is CN=C(NCCCCSC)NCCCc1cccc(OC)c1.I. The summed E-state index contributed by atoms with van der Waals surface area (Å²) in [4.78, 5) is 4.25. The number of nitrogens with zero attached hydrogens (tertiary/aromatic N) is 1. The van der Waals surface area contributed by atoms with Gasteiger partial charge in [0.15, 0.2) is 5.96 Å². The maximum atomic E-state index is 5.24. The molecule has 0 bridgehead atoms. The van der Waals surface area contributed by atoms with Crippen LogP contribution in [0.15, 0.2) is 29.3 Å². The number of methoxy groups -OCH3 is 1. The van der Waals surface area contributed by atoms with Gasteiger partial charge in [-0.3, -0.25) is 4.99 Å². The topological polar surface area (TPSA) is 45.7 Å². The van der Waals surface area contributed by atoms with Crippen molar-refractivity contribution in [3.63, 3.8) is 0 Å². The van der Waals surface area contributed by atoms with E-state index in [0.717, 1.165) is 37.6 Å². The minimum atomic E-state index is 0. The van der Waals surface area contributed by atoms with E-state index in [0.29, 0.717) is 0 Å². The van der Waals surface area contributed by atoms with E-state index in [4.69, 9.17) is 4.74 Å². The van der Waals surface area contributed by atoms with Gasteiger partial charge in [0.1, 0.15) is 5.75 Å². The third-order valence-corrected chi connectivity index (χ3v) is 4.06. The van der Waals surface area contributed by atoms with E-state index in [-0.39, 0.29) is 24.0 Å². The van der Waals surface area contributed by atoms with Crippen LogP contribution in [-0.2, 0) is 6.42 Å². The molecule has 0 fully saturated rings. The van der Waals surface area contributed by atoms with E-state index in [1.807, 2.05) is 30.9 Å². The van der Waals surface area contributed by atoms with Crippen molar-refractivity contribution in [1.82, 2.24) is 10.6 Å². The predicted molar refractivity (Wildman–Crippen MR) is 114 cm³/mol. The van der Waals surface area contributed by atoms with Crippen molar-refractivity contribution in [3.05, 3.63) is 29.8 Å². The van der Waals surface area contributed by atoms with Crippen molar-refractivity contribution in [1.29, 1.82) is 0 Å². The van der Waals surface area contributed by atoms with Gasteiger partial charge in [-0.2, -0.15) is 11.8 Å². The summed E-state index contributed by atoms with van der Waals surface area (Å²) in [6, 6.07) is 8.25. The molecule has 0 saturated heterocycles. The van der Waals surface area contributed by atoms with Crippen molar-refractivity contribution in [2.75, 3.05) is 39.3 Å². The second-order valence-electron chi connectivity index (χ2n) is 5.08. The molecule has 1 rings (SSSR count). The lowest BCUT2D eigenvalue weighted by molar-refractivity contribution is 0.414. The van der Waals surface area contributed by atoms with Crippen LogP contribution in [0.3, 0.4) is 0 Å². The number of halogens is 1. The van der Waals surface area contributed by atoms with Gasteiger partial charge in [0.2, 0.25) is 0 Å². The van der Waals surface area contributed by atoms with Crippen LogP contribution in [0.1, 0.15) is 24.8 Å². The van der Waals surface area contributed by atoms with Gasteiger partial charge in [0, 0.05) is 20.1 Å². The van der Waals surface area contributed by atoms with Gasteiger partial charge in [-0.1, -0.05) is 12.1 Å². The van der Waals surface area contributed by atoms with Gasteiger partial charge < -0.3 is 15.4 Å². The molecule has 0 aromatic heterocycles. The van der Waals surface area contributed by atoms with E-state index in [1.165, 1.54) is 24.2 Å². The third kappa shape index (κ3) is 10.7. The zero-order valence-corrected chi connectivity index (χ0v) is 17.6. The zero-order valence-electron chi connectivity index (χ0n) is 14.4.